The minimum Gasteiger partial charge on any atom is -0.276 e. The van der Waals surface area contributed by atoms with Crippen molar-refractivity contribution in [1.82, 2.24) is 19.6 Å². The SMILES string of the molecule is CC(CN1C(=O)C=CC1=O)N(CN1C(=O)C=CC1=O)C(C)C(C)(C)N1C(=O)C=CC1=O. The van der Waals surface area contributed by atoms with Crippen LogP contribution in [-0.2, 0) is 28.8 Å². The number of nitrogens with zero attached hydrogens (tertiary/aromatic N) is 4. The van der Waals surface area contributed by atoms with E-state index in [9.17, 15) is 28.8 Å². The Hall–Kier alpha value is -3.40. The number of rotatable bonds is 8. The Morgan fingerprint density at radius 3 is 1.55 bits per heavy atom. The van der Waals surface area contributed by atoms with Gasteiger partial charge in [0, 0.05) is 55.1 Å². The molecule has 0 aromatic rings. The van der Waals surface area contributed by atoms with E-state index in [1.165, 1.54) is 24.3 Å². The molecule has 0 fully saturated rings. The molecule has 10 nitrogen and oxygen atoms in total. The lowest BCUT2D eigenvalue weighted by atomic mass is 9.91. The summed E-state index contributed by atoms with van der Waals surface area (Å²) in [6, 6.07) is -1.04. The Balaban J connectivity index is 1.89. The van der Waals surface area contributed by atoms with Crippen molar-refractivity contribution in [3.05, 3.63) is 36.5 Å². The predicted octanol–water partition coefficient (Wildman–Crippen LogP) is -0.423. The Labute approximate surface area is 179 Å². The zero-order chi connectivity index (χ0) is 23.1. The zero-order valence-electron chi connectivity index (χ0n) is 17.8. The molecule has 2 unspecified atom stereocenters. The second-order valence-electron chi connectivity index (χ2n) is 8.24. The summed E-state index contributed by atoms with van der Waals surface area (Å²) in [7, 11) is 0. The highest BCUT2D eigenvalue weighted by molar-refractivity contribution is 6.14. The van der Waals surface area contributed by atoms with Crippen molar-refractivity contribution in [2.75, 3.05) is 13.2 Å². The van der Waals surface area contributed by atoms with Gasteiger partial charge in [0.15, 0.2) is 0 Å². The summed E-state index contributed by atoms with van der Waals surface area (Å²) in [5, 5.41) is 0. The minimum atomic E-state index is -1.03. The second-order valence-corrected chi connectivity index (χ2v) is 8.24. The van der Waals surface area contributed by atoms with Gasteiger partial charge in [-0.15, -0.1) is 0 Å². The first-order valence-electron chi connectivity index (χ1n) is 9.84. The van der Waals surface area contributed by atoms with E-state index in [4.69, 9.17) is 0 Å². The lowest BCUT2D eigenvalue weighted by Gasteiger charge is -2.47. The molecule has 10 heteroatoms. The molecule has 0 spiro atoms. The summed E-state index contributed by atoms with van der Waals surface area (Å²) in [6.07, 6.45) is 7.06. The molecule has 3 rings (SSSR count). The highest BCUT2D eigenvalue weighted by atomic mass is 16.2. The summed E-state index contributed by atoms with van der Waals surface area (Å²) in [5.41, 5.74) is -1.03. The van der Waals surface area contributed by atoms with Crippen molar-refractivity contribution in [2.24, 2.45) is 0 Å². The van der Waals surface area contributed by atoms with E-state index in [-0.39, 0.29) is 13.2 Å². The molecular weight excluding hydrogens is 404 g/mol. The number of hydrogen-bond donors (Lipinski definition) is 0. The number of imide groups is 3. The fraction of sp³-hybridized carbons (Fsp3) is 0.429. The molecule has 164 valence electrons. The zero-order valence-corrected chi connectivity index (χ0v) is 17.8. The molecule has 0 aromatic carbocycles. The number of carbonyl (C=O) groups excluding carboxylic acids is 6. The summed E-state index contributed by atoms with van der Waals surface area (Å²) in [5.74, 6) is -2.80. The highest BCUT2D eigenvalue weighted by Crippen LogP contribution is 2.29. The Morgan fingerprint density at radius 2 is 1.10 bits per heavy atom. The van der Waals surface area contributed by atoms with Gasteiger partial charge in [-0.1, -0.05) is 0 Å². The first-order chi connectivity index (χ1) is 14.4. The van der Waals surface area contributed by atoms with Crippen LogP contribution in [0.3, 0.4) is 0 Å². The largest absolute Gasteiger partial charge is 0.276 e. The van der Waals surface area contributed by atoms with E-state index >= 15 is 0 Å². The fourth-order valence-electron chi connectivity index (χ4n) is 3.92. The molecule has 0 saturated heterocycles. The third-order valence-electron chi connectivity index (χ3n) is 6.02. The van der Waals surface area contributed by atoms with Crippen LogP contribution >= 0.6 is 0 Å². The summed E-state index contributed by atoms with van der Waals surface area (Å²) >= 11 is 0. The third-order valence-corrected chi connectivity index (χ3v) is 6.02. The van der Waals surface area contributed by atoms with E-state index in [1.807, 2.05) is 0 Å². The Morgan fingerprint density at radius 1 is 0.710 bits per heavy atom. The molecule has 0 aliphatic carbocycles. The molecule has 3 aliphatic rings. The van der Waals surface area contributed by atoms with Crippen LogP contribution in [-0.4, -0.2) is 85.9 Å². The average Bonchev–Trinajstić information content (AvgIpc) is 3.32. The van der Waals surface area contributed by atoms with Gasteiger partial charge < -0.3 is 0 Å². The highest BCUT2D eigenvalue weighted by Gasteiger charge is 2.45. The molecule has 6 amide bonds. The van der Waals surface area contributed by atoms with Gasteiger partial charge in [-0.25, -0.2) is 0 Å². The predicted molar refractivity (Wildman–Crippen MR) is 108 cm³/mol. The molecule has 3 aliphatic heterocycles. The van der Waals surface area contributed by atoms with Gasteiger partial charge in [0.1, 0.15) is 0 Å². The molecule has 0 N–H and O–H groups in total. The number of carbonyl (C=O) groups is 6. The van der Waals surface area contributed by atoms with Gasteiger partial charge in [0.25, 0.3) is 35.4 Å². The third kappa shape index (κ3) is 3.98. The maximum absolute atomic E-state index is 12.3. The first kappa shape index (κ1) is 22.3. The van der Waals surface area contributed by atoms with E-state index in [1.54, 1.807) is 32.6 Å². The summed E-state index contributed by atoms with van der Waals surface area (Å²) in [4.78, 5) is 77.9. The lowest BCUT2D eigenvalue weighted by Crippen LogP contribution is -2.64. The first-order valence-corrected chi connectivity index (χ1v) is 9.84. The monoisotopic (exact) mass is 428 g/mol. The summed E-state index contributed by atoms with van der Waals surface area (Å²) < 4.78 is 0. The maximum Gasteiger partial charge on any atom is 0.254 e. The van der Waals surface area contributed by atoms with E-state index in [0.717, 1.165) is 26.9 Å². The molecule has 31 heavy (non-hydrogen) atoms. The van der Waals surface area contributed by atoms with Gasteiger partial charge in [0.2, 0.25) is 0 Å². The molecule has 2 atom stereocenters. The van der Waals surface area contributed by atoms with Crippen LogP contribution in [0.4, 0.5) is 0 Å². The van der Waals surface area contributed by atoms with Gasteiger partial charge >= 0.3 is 0 Å². The van der Waals surface area contributed by atoms with Gasteiger partial charge in [-0.2, -0.15) is 0 Å². The van der Waals surface area contributed by atoms with Crippen molar-refractivity contribution in [3.8, 4) is 0 Å². The molecule has 0 radical (unpaired) electrons. The van der Waals surface area contributed by atoms with E-state index < -0.39 is 53.1 Å². The Bertz CT molecular complexity index is 909. The van der Waals surface area contributed by atoms with E-state index in [2.05, 4.69) is 0 Å². The van der Waals surface area contributed by atoms with Gasteiger partial charge in [-0.05, 0) is 27.7 Å². The van der Waals surface area contributed by atoms with Crippen molar-refractivity contribution in [1.29, 1.82) is 0 Å². The van der Waals surface area contributed by atoms with Crippen LogP contribution in [0.25, 0.3) is 0 Å². The second kappa shape index (κ2) is 8.03. The smallest absolute Gasteiger partial charge is 0.254 e. The standard InChI is InChI=1S/C21H24N4O6/c1-13(11-22-15(26)5-6-16(22)27)23(12-24-17(28)7-8-18(24)29)14(2)21(3,4)25-19(30)9-10-20(25)31/h5-10,13-14H,11-12H2,1-4H3. The van der Waals surface area contributed by atoms with E-state index in [0.29, 0.717) is 0 Å². The number of hydrogen-bond acceptors (Lipinski definition) is 7. The molecule has 3 heterocycles. The molecule has 0 bridgehead atoms. The van der Waals surface area contributed by atoms with Crippen LogP contribution < -0.4 is 0 Å². The molecule has 0 saturated carbocycles. The van der Waals surface area contributed by atoms with Crippen molar-refractivity contribution in [2.45, 2.75) is 45.3 Å². The van der Waals surface area contributed by atoms with Gasteiger partial charge in [-0.3, -0.25) is 48.4 Å². The molecular formula is C21H24N4O6. The Kier molecular flexibility index (Phi) is 5.77. The van der Waals surface area contributed by atoms with Crippen LogP contribution in [0.2, 0.25) is 0 Å². The average molecular weight is 428 g/mol. The number of amides is 6. The maximum atomic E-state index is 12.3. The molecule has 0 aromatic heterocycles. The normalized spacial score (nSPS) is 21.0. The van der Waals surface area contributed by atoms with Crippen molar-refractivity contribution >= 4 is 35.4 Å². The van der Waals surface area contributed by atoms with Crippen LogP contribution in [0, 0.1) is 0 Å². The van der Waals surface area contributed by atoms with Crippen LogP contribution in [0.1, 0.15) is 27.7 Å². The van der Waals surface area contributed by atoms with Crippen LogP contribution in [0.15, 0.2) is 36.5 Å². The minimum absolute atomic E-state index is 0.00881. The quantitative estimate of drug-likeness (QED) is 0.482. The van der Waals surface area contributed by atoms with Crippen molar-refractivity contribution in [3.63, 3.8) is 0 Å². The lowest BCUT2D eigenvalue weighted by molar-refractivity contribution is -0.150. The van der Waals surface area contributed by atoms with Gasteiger partial charge in [0.05, 0.1) is 12.2 Å². The van der Waals surface area contributed by atoms with Crippen LogP contribution in [0.5, 0.6) is 0 Å². The fourth-order valence-corrected chi connectivity index (χ4v) is 3.92. The van der Waals surface area contributed by atoms with Crippen molar-refractivity contribution < 1.29 is 28.8 Å². The summed E-state index contributed by atoms with van der Waals surface area (Å²) in [6.45, 7) is 6.80. The topological polar surface area (TPSA) is 115 Å².